The lowest BCUT2D eigenvalue weighted by atomic mass is 10.1. The number of benzene rings is 3. The molecule has 0 saturated heterocycles. The SMILES string of the molecule is O=S(=O)(N[C@@H](c1ccc(Cl)cc1)c1nnc(-c2ccccc2)o1)c1ccc(Br)cc1. The molecule has 4 aromatic rings. The Morgan fingerprint density at radius 1 is 0.900 bits per heavy atom. The standard InChI is InChI=1S/C21H15BrClN3O3S/c22-16-8-12-18(13-9-16)30(27,28)26-19(14-6-10-17(23)11-7-14)21-25-24-20(29-21)15-4-2-1-3-5-15/h1-13,19,26H/t19-/m0/s1. The van der Waals surface area contributed by atoms with Crippen molar-refractivity contribution in [1.82, 2.24) is 14.9 Å². The summed E-state index contributed by atoms with van der Waals surface area (Å²) in [6.07, 6.45) is 0. The number of hydrogen-bond acceptors (Lipinski definition) is 5. The summed E-state index contributed by atoms with van der Waals surface area (Å²) in [6, 6.07) is 21.5. The summed E-state index contributed by atoms with van der Waals surface area (Å²) in [5, 5.41) is 8.71. The maximum atomic E-state index is 13.0. The van der Waals surface area contributed by atoms with Gasteiger partial charge in [-0.15, -0.1) is 10.2 Å². The number of aromatic nitrogens is 2. The van der Waals surface area contributed by atoms with Crippen molar-refractivity contribution in [3.05, 3.63) is 99.8 Å². The Hall–Kier alpha value is -2.52. The Bertz CT molecular complexity index is 1240. The van der Waals surface area contributed by atoms with E-state index in [9.17, 15) is 8.42 Å². The molecule has 1 atom stereocenters. The lowest BCUT2D eigenvalue weighted by Crippen LogP contribution is -2.29. The highest BCUT2D eigenvalue weighted by Crippen LogP contribution is 2.28. The number of nitrogens with one attached hydrogen (secondary N) is 1. The molecule has 0 spiro atoms. The molecule has 3 aromatic carbocycles. The van der Waals surface area contributed by atoms with Crippen molar-refractivity contribution in [3.63, 3.8) is 0 Å². The van der Waals surface area contributed by atoms with Crippen LogP contribution in [0.2, 0.25) is 5.02 Å². The number of nitrogens with zero attached hydrogens (tertiary/aromatic N) is 2. The highest BCUT2D eigenvalue weighted by molar-refractivity contribution is 9.10. The summed E-state index contributed by atoms with van der Waals surface area (Å²) < 4.78 is 35.3. The summed E-state index contributed by atoms with van der Waals surface area (Å²) in [5.41, 5.74) is 1.35. The Kier molecular flexibility index (Phi) is 6.01. The maximum absolute atomic E-state index is 13.0. The molecule has 0 aliphatic rings. The average Bonchev–Trinajstić information content (AvgIpc) is 3.24. The summed E-state index contributed by atoms with van der Waals surface area (Å²) in [7, 11) is -3.87. The van der Waals surface area contributed by atoms with Gasteiger partial charge in [0.1, 0.15) is 6.04 Å². The van der Waals surface area contributed by atoms with E-state index in [1.165, 1.54) is 12.1 Å². The van der Waals surface area contributed by atoms with Crippen LogP contribution in [0.3, 0.4) is 0 Å². The molecule has 0 amide bonds. The van der Waals surface area contributed by atoms with Crippen LogP contribution in [-0.2, 0) is 10.0 Å². The van der Waals surface area contributed by atoms with Crippen molar-refractivity contribution in [3.8, 4) is 11.5 Å². The van der Waals surface area contributed by atoms with Crippen molar-refractivity contribution in [2.75, 3.05) is 0 Å². The van der Waals surface area contributed by atoms with Gasteiger partial charge in [0.25, 0.3) is 0 Å². The van der Waals surface area contributed by atoms with E-state index < -0.39 is 16.1 Å². The van der Waals surface area contributed by atoms with Gasteiger partial charge < -0.3 is 4.42 Å². The summed E-state index contributed by atoms with van der Waals surface area (Å²) >= 11 is 9.30. The molecule has 0 fully saturated rings. The van der Waals surface area contributed by atoms with E-state index in [0.717, 1.165) is 10.0 Å². The molecule has 4 rings (SSSR count). The zero-order valence-electron chi connectivity index (χ0n) is 15.4. The Labute approximate surface area is 187 Å². The molecule has 9 heteroatoms. The fraction of sp³-hybridized carbons (Fsp3) is 0.0476. The first-order chi connectivity index (χ1) is 14.4. The van der Waals surface area contributed by atoms with E-state index in [-0.39, 0.29) is 10.8 Å². The van der Waals surface area contributed by atoms with E-state index in [1.54, 1.807) is 36.4 Å². The zero-order chi connectivity index (χ0) is 21.1. The van der Waals surface area contributed by atoms with Gasteiger partial charge in [-0.3, -0.25) is 0 Å². The normalized spacial score (nSPS) is 12.6. The van der Waals surface area contributed by atoms with Crippen molar-refractivity contribution in [1.29, 1.82) is 0 Å². The van der Waals surface area contributed by atoms with E-state index in [0.29, 0.717) is 16.5 Å². The molecular formula is C21H15BrClN3O3S. The second-order valence-electron chi connectivity index (χ2n) is 6.37. The summed E-state index contributed by atoms with van der Waals surface area (Å²) in [4.78, 5) is 0.118. The third kappa shape index (κ3) is 4.62. The number of hydrogen-bond donors (Lipinski definition) is 1. The van der Waals surface area contributed by atoms with Gasteiger partial charge in [0.15, 0.2) is 0 Å². The third-order valence-electron chi connectivity index (χ3n) is 4.31. The average molecular weight is 505 g/mol. The fourth-order valence-electron chi connectivity index (χ4n) is 2.80. The van der Waals surface area contributed by atoms with Crippen LogP contribution in [-0.4, -0.2) is 18.6 Å². The Morgan fingerprint density at radius 2 is 1.57 bits per heavy atom. The highest BCUT2D eigenvalue weighted by Gasteiger charge is 2.27. The molecule has 0 radical (unpaired) electrons. The largest absolute Gasteiger partial charge is 0.419 e. The summed E-state index contributed by atoms with van der Waals surface area (Å²) in [5.74, 6) is 0.421. The zero-order valence-corrected chi connectivity index (χ0v) is 18.5. The van der Waals surface area contributed by atoms with Gasteiger partial charge in [-0.2, -0.15) is 4.72 Å². The molecule has 6 nitrogen and oxygen atoms in total. The highest BCUT2D eigenvalue weighted by atomic mass is 79.9. The molecule has 1 N–H and O–H groups in total. The summed E-state index contributed by atoms with van der Waals surface area (Å²) in [6.45, 7) is 0. The van der Waals surface area contributed by atoms with Gasteiger partial charge in [-0.05, 0) is 54.1 Å². The Balaban J connectivity index is 1.73. The van der Waals surface area contributed by atoms with Gasteiger partial charge in [0.05, 0.1) is 4.90 Å². The van der Waals surface area contributed by atoms with Crippen LogP contribution in [0.15, 0.2) is 92.6 Å². The molecule has 0 aliphatic heterocycles. The second kappa shape index (κ2) is 8.69. The van der Waals surface area contributed by atoms with Crippen LogP contribution in [0, 0.1) is 0 Å². The lowest BCUT2D eigenvalue weighted by Gasteiger charge is -2.16. The van der Waals surface area contributed by atoms with Crippen LogP contribution in [0.5, 0.6) is 0 Å². The van der Waals surface area contributed by atoms with Gasteiger partial charge >= 0.3 is 0 Å². The number of halogens is 2. The van der Waals surface area contributed by atoms with Crippen molar-refractivity contribution in [2.24, 2.45) is 0 Å². The van der Waals surface area contributed by atoms with Gasteiger partial charge in [-0.1, -0.05) is 57.9 Å². The first-order valence-corrected chi connectivity index (χ1v) is 11.5. The molecule has 1 aromatic heterocycles. The first kappa shape index (κ1) is 20.7. The van der Waals surface area contributed by atoms with Crippen molar-refractivity contribution >= 4 is 37.6 Å². The van der Waals surface area contributed by atoms with Gasteiger partial charge in [0, 0.05) is 15.1 Å². The minimum atomic E-state index is -3.87. The van der Waals surface area contributed by atoms with Crippen LogP contribution in [0.1, 0.15) is 17.5 Å². The molecule has 0 bridgehead atoms. The fourth-order valence-corrected chi connectivity index (χ4v) is 4.37. The maximum Gasteiger partial charge on any atom is 0.247 e. The van der Waals surface area contributed by atoms with E-state index >= 15 is 0 Å². The Morgan fingerprint density at radius 3 is 2.23 bits per heavy atom. The van der Waals surface area contributed by atoms with E-state index in [2.05, 4.69) is 30.8 Å². The molecule has 30 heavy (non-hydrogen) atoms. The van der Waals surface area contributed by atoms with Crippen molar-refractivity contribution in [2.45, 2.75) is 10.9 Å². The number of sulfonamides is 1. The quantitative estimate of drug-likeness (QED) is 0.389. The lowest BCUT2D eigenvalue weighted by molar-refractivity contribution is 0.464. The molecule has 1 heterocycles. The van der Waals surface area contributed by atoms with Crippen LogP contribution < -0.4 is 4.72 Å². The van der Waals surface area contributed by atoms with Gasteiger partial charge in [0.2, 0.25) is 21.8 Å². The first-order valence-electron chi connectivity index (χ1n) is 8.84. The smallest absolute Gasteiger partial charge is 0.247 e. The van der Waals surface area contributed by atoms with E-state index in [1.807, 2.05) is 30.3 Å². The molecule has 0 saturated carbocycles. The monoisotopic (exact) mass is 503 g/mol. The van der Waals surface area contributed by atoms with Crippen LogP contribution in [0.25, 0.3) is 11.5 Å². The van der Waals surface area contributed by atoms with E-state index in [4.69, 9.17) is 16.0 Å². The van der Waals surface area contributed by atoms with Crippen molar-refractivity contribution < 1.29 is 12.8 Å². The minimum Gasteiger partial charge on any atom is -0.419 e. The molecular weight excluding hydrogens is 490 g/mol. The predicted molar refractivity (Wildman–Crippen MR) is 117 cm³/mol. The second-order valence-corrected chi connectivity index (χ2v) is 9.44. The third-order valence-corrected chi connectivity index (χ3v) is 6.53. The molecule has 0 unspecified atom stereocenters. The van der Waals surface area contributed by atoms with Crippen LogP contribution in [0.4, 0.5) is 0 Å². The molecule has 152 valence electrons. The number of rotatable bonds is 6. The van der Waals surface area contributed by atoms with Gasteiger partial charge in [-0.25, -0.2) is 8.42 Å². The topological polar surface area (TPSA) is 85.1 Å². The van der Waals surface area contributed by atoms with Crippen LogP contribution >= 0.6 is 27.5 Å². The minimum absolute atomic E-state index is 0.118. The predicted octanol–water partition coefficient (Wildman–Crippen LogP) is 5.22. The molecule has 0 aliphatic carbocycles.